The third kappa shape index (κ3) is 3.50. The molecule has 0 unspecified atom stereocenters. The molecule has 19 heavy (non-hydrogen) atoms. The van der Waals surface area contributed by atoms with Gasteiger partial charge in [-0.25, -0.2) is 0 Å². The molecule has 1 rings (SSSR count). The molecule has 1 aromatic rings. The summed E-state index contributed by atoms with van der Waals surface area (Å²) in [4.78, 5) is 30.0. The molecule has 0 aliphatic carbocycles. The van der Waals surface area contributed by atoms with Crippen molar-refractivity contribution in [2.75, 3.05) is 14.1 Å². The van der Waals surface area contributed by atoms with E-state index in [1.54, 1.807) is 33.0 Å². The van der Waals surface area contributed by atoms with Crippen LogP contribution in [0.15, 0.2) is 17.8 Å². The molecule has 0 N–H and O–H groups in total. The van der Waals surface area contributed by atoms with Crippen LogP contribution >= 0.6 is 0 Å². The third-order valence-corrected chi connectivity index (χ3v) is 2.84. The quantitative estimate of drug-likeness (QED) is 0.616. The predicted octanol–water partition coefficient (Wildman–Crippen LogP) is 2.55. The lowest BCUT2D eigenvalue weighted by atomic mass is 9.99. The minimum atomic E-state index is -0.0961. The van der Waals surface area contributed by atoms with E-state index in [9.17, 15) is 9.59 Å². The second kappa shape index (κ2) is 5.78. The summed E-state index contributed by atoms with van der Waals surface area (Å²) < 4.78 is 0. The Kier molecular flexibility index (Phi) is 4.59. The average Bonchev–Trinajstić information content (AvgIpc) is 2.26. The highest BCUT2D eigenvalue weighted by atomic mass is 16.1. The van der Waals surface area contributed by atoms with Gasteiger partial charge in [-0.3, -0.25) is 14.6 Å². The van der Waals surface area contributed by atoms with Crippen molar-refractivity contribution in [1.82, 2.24) is 9.88 Å². The SMILES string of the molecule is CC(=O)c1cc(C(=O)/C(C)=C/N(C)C)c(C)nc1C. The van der Waals surface area contributed by atoms with Gasteiger partial charge in [-0.15, -0.1) is 0 Å². The molecule has 0 aromatic carbocycles. The van der Waals surface area contributed by atoms with Crippen molar-refractivity contribution >= 4 is 11.6 Å². The van der Waals surface area contributed by atoms with Gasteiger partial charge in [0.1, 0.15) is 0 Å². The van der Waals surface area contributed by atoms with E-state index in [1.807, 2.05) is 19.0 Å². The molecule has 0 saturated carbocycles. The van der Waals surface area contributed by atoms with Crippen LogP contribution in [0.5, 0.6) is 0 Å². The minimum absolute atomic E-state index is 0.0757. The van der Waals surface area contributed by atoms with E-state index in [0.29, 0.717) is 28.1 Å². The van der Waals surface area contributed by atoms with Crippen LogP contribution in [0, 0.1) is 13.8 Å². The number of aromatic nitrogens is 1. The van der Waals surface area contributed by atoms with Gasteiger partial charge in [0.15, 0.2) is 11.6 Å². The largest absolute Gasteiger partial charge is 0.383 e. The molecule has 4 nitrogen and oxygen atoms in total. The van der Waals surface area contributed by atoms with E-state index in [-0.39, 0.29) is 11.6 Å². The molecule has 0 amide bonds. The summed E-state index contributed by atoms with van der Waals surface area (Å²) in [5.41, 5.74) is 2.93. The number of carbonyl (C=O) groups is 2. The van der Waals surface area contributed by atoms with Crippen LogP contribution in [-0.2, 0) is 0 Å². The summed E-state index contributed by atoms with van der Waals surface area (Å²) in [7, 11) is 3.72. The van der Waals surface area contributed by atoms with Gasteiger partial charge in [0.25, 0.3) is 0 Å². The van der Waals surface area contributed by atoms with Gasteiger partial charge in [-0.05, 0) is 33.8 Å². The molecular formula is C15H20N2O2. The van der Waals surface area contributed by atoms with E-state index >= 15 is 0 Å². The molecule has 0 spiro atoms. The van der Waals surface area contributed by atoms with Gasteiger partial charge in [-0.1, -0.05) is 0 Å². The zero-order valence-electron chi connectivity index (χ0n) is 12.4. The lowest BCUT2D eigenvalue weighted by molar-refractivity contribution is 0.101. The molecule has 1 aromatic heterocycles. The topological polar surface area (TPSA) is 50.3 Å². The first kappa shape index (κ1) is 15.1. The van der Waals surface area contributed by atoms with Crippen molar-refractivity contribution in [3.05, 3.63) is 40.4 Å². The van der Waals surface area contributed by atoms with Crippen molar-refractivity contribution in [3.63, 3.8) is 0 Å². The molecule has 0 bridgehead atoms. The van der Waals surface area contributed by atoms with Crippen molar-refractivity contribution in [1.29, 1.82) is 0 Å². The van der Waals surface area contributed by atoms with Gasteiger partial charge in [0.05, 0.1) is 0 Å². The van der Waals surface area contributed by atoms with Crippen LogP contribution < -0.4 is 0 Å². The van der Waals surface area contributed by atoms with E-state index in [2.05, 4.69) is 4.98 Å². The van der Waals surface area contributed by atoms with Gasteiger partial charge in [0, 0.05) is 48.4 Å². The lowest BCUT2D eigenvalue weighted by Gasteiger charge is -2.11. The molecule has 0 aliphatic heterocycles. The fraction of sp³-hybridized carbons (Fsp3) is 0.400. The van der Waals surface area contributed by atoms with Crippen molar-refractivity contribution in [3.8, 4) is 0 Å². The number of pyridine rings is 1. The smallest absolute Gasteiger partial charge is 0.192 e. The Bertz CT molecular complexity index is 558. The zero-order chi connectivity index (χ0) is 14.7. The van der Waals surface area contributed by atoms with E-state index in [4.69, 9.17) is 0 Å². The first-order valence-electron chi connectivity index (χ1n) is 6.12. The number of nitrogens with zero attached hydrogens (tertiary/aromatic N) is 2. The molecule has 0 atom stereocenters. The van der Waals surface area contributed by atoms with Crippen LogP contribution in [0.2, 0.25) is 0 Å². The van der Waals surface area contributed by atoms with Crippen molar-refractivity contribution in [2.24, 2.45) is 0 Å². The Morgan fingerprint density at radius 3 is 2.11 bits per heavy atom. The molecule has 0 saturated heterocycles. The Hall–Kier alpha value is -1.97. The predicted molar refractivity (Wildman–Crippen MR) is 75.5 cm³/mol. The number of rotatable bonds is 4. The standard InChI is InChI=1S/C15H20N2O2/c1-9(8-17(5)6)15(19)14-7-13(12(4)18)10(2)16-11(14)3/h7-8H,1-6H3/b9-8+. The molecule has 4 heteroatoms. The summed E-state index contributed by atoms with van der Waals surface area (Å²) >= 11 is 0. The highest BCUT2D eigenvalue weighted by Gasteiger charge is 2.16. The fourth-order valence-electron chi connectivity index (χ4n) is 1.97. The third-order valence-electron chi connectivity index (χ3n) is 2.84. The number of Topliss-reactive ketones (excluding diaryl/α,β-unsaturated/α-hetero) is 2. The maximum absolute atomic E-state index is 12.3. The average molecular weight is 260 g/mol. The maximum atomic E-state index is 12.3. The first-order chi connectivity index (χ1) is 8.73. The fourth-order valence-corrected chi connectivity index (χ4v) is 1.97. The normalized spacial score (nSPS) is 11.4. The summed E-state index contributed by atoms with van der Waals surface area (Å²) in [6.07, 6.45) is 1.76. The van der Waals surface area contributed by atoms with Crippen LogP contribution in [0.25, 0.3) is 0 Å². The Morgan fingerprint density at radius 2 is 1.63 bits per heavy atom. The summed E-state index contributed by atoms with van der Waals surface area (Å²) in [6, 6.07) is 1.65. The second-order valence-corrected chi connectivity index (χ2v) is 4.92. The molecule has 0 radical (unpaired) electrons. The van der Waals surface area contributed by atoms with E-state index in [0.717, 1.165) is 0 Å². The van der Waals surface area contributed by atoms with Gasteiger partial charge in [-0.2, -0.15) is 0 Å². The Labute approximate surface area is 114 Å². The van der Waals surface area contributed by atoms with Crippen LogP contribution in [-0.4, -0.2) is 35.5 Å². The van der Waals surface area contributed by atoms with Gasteiger partial charge < -0.3 is 4.90 Å². The molecule has 0 aliphatic rings. The Morgan fingerprint density at radius 1 is 1.11 bits per heavy atom. The number of ketones is 2. The number of hydrogen-bond donors (Lipinski definition) is 0. The summed E-state index contributed by atoms with van der Waals surface area (Å²) in [5, 5.41) is 0. The van der Waals surface area contributed by atoms with Crippen LogP contribution in [0.3, 0.4) is 0 Å². The van der Waals surface area contributed by atoms with Crippen LogP contribution in [0.1, 0.15) is 46.0 Å². The monoisotopic (exact) mass is 260 g/mol. The number of hydrogen-bond acceptors (Lipinski definition) is 4. The van der Waals surface area contributed by atoms with Crippen molar-refractivity contribution in [2.45, 2.75) is 27.7 Å². The molecular weight excluding hydrogens is 240 g/mol. The zero-order valence-corrected chi connectivity index (χ0v) is 12.4. The van der Waals surface area contributed by atoms with Gasteiger partial charge >= 0.3 is 0 Å². The van der Waals surface area contributed by atoms with Crippen LogP contribution in [0.4, 0.5) is 0 Å². The molecule has 0 fully saturated rings. The van der Waals surface area contributed by atoms with E-state index in [1.165, 1.54) is 6.92 Å². The second-order valence-electron chi connectivity index (χ2n) is 4.92. The van der Waals surface area contributed by atoms with Gasteiger partial charge in [0.2, 0.25) is 0 Å². The molecule has 1 heterocycles. The highest BCUT2D eigenvalue weighted by molar-refractivity contribution is 6.10. The highest BCUT2D eigenvalue weighted by Crippen LogP contribution is 2.17. The first-order valence-corrected chi connectivity index (χ1v) is 6.12. The Balaban J connectivity index is 3.32. The summed E-state index contributed by atoms with van der Waals surface area (Å²) in [5.74, 6) is -0.172. The number of allylic oxidation sites excluding steroid dienone is 1. The van der Waals surface area contributed by atoms with E-state index < -0.39 is 0 Å². The maximum Gasteiger partial charge on any atom is 0.192 e. The summed E-state index contributed by atoms with van der Waals surface area (Å²) in [6.45, 7) is 6.80. The minimum Gasteiger partial charge on any atom is -0.383 e. The number of aryl methyl sites for hydroxylation is 2. The molecule has 102 valence electrons. The number of carbonyl (C=O) groups excluding carboxylic acids is 2. The lowest BCUT2D eigenvalue weighted by Crippen LogP contribution is -2.12. The van der Waals surface area contributed by atoms with Crippen molar-refractivity contribution < 1.29 is 9.59 Å².